The summed E-state index contributed by atoms with van der Waals surface area (Å²) in [5.41, 5.74) is 5.57. The zero-order chi connectivity index (χ0) is 28.9. The molecule has 3 aromatic rings. The van der Waals surface area contributed by atoms with E-state index in [0.29, 0.717) is 35.2 Å². The van der Waals surface area contributed by atoms with Crippen LogP contribution >= 0.6 is 0 Å². The lowest BCUT2D eigenvalue weighted by Crippen LogP contribution is -2.34. The van der Waals surface area contributed by atoms with Crippen LogP contribution < -0.4 is 15.4 Å². The SMILES string of the molecule is COCN(c1cccc(C(=N)/C(=C\NC2CCOCC2)c2ccnc(N)c2)c1F)S(=O)(=O)c1cc(F)ccc1F. The van der Waals surface area contributed by atoms with E-state index in [1.807, 2.05) is 0 Å². The van der Waals surface area contributed by atoms with Crippen molar-refractivity contribution < 1.29 is 31.1 Å². The van der Waals surface area contributed by atoms with Gasteiger partial charge in [0.25, 0.3) is 10.0 Å². The van der Waals surface area contributed by atoms with Gasteiger partial charge in [-0.3, -0.25) is 5.41 Å². The second-order valence-corrected chi connectivity index (χ2v) is 10.8. The summed E-state index contributed by atoms with van der Waals surface area (Å²) in [6.45, 7) is 0.445. The molecule has 2 aromatic carbocycles. The molecule has 9 nitrogen and oxygen atoms in total. The van der Waals surface area contributed by atoms with Crippen molar-refractivity contribution in [3.05, 3.63) is 89.5 Å². The van der Waals surface area contributed by atoms with Crippen LogP contribution in [0.1, 0.15) is 24.0 Å². The number of sulfonamides is 1. The summed E-state index contributed by atoms with van der Waals surface area (Å²) < 4.78 is 82.0. The third-order valence-corrected chi connectivity index (χ3v) is 8.02. The Balaban J connectivity index is 1.78. The van der Waals surface area contributed by atoms with E-state index in [1.54, 1.807) is 12.3 Å². The van der Waals surface area contributed by atoms with Crippen molar-refractivity contribution in [1.29, 1.82) is 5.41 Å². The van der Waals surface area contributed by atoms with Gasteiger partial charge in [0.05, 0.1) is 11.4 Å². The molecule has 1 fully saturated rings. The first-order valence-electron chi connectivity index (χ1n) is 12.2. The van der Waals surface area contributed by atoms with Gasteiger partial charge in [-0.1, -0.05) is 6.07 Å². The lowest BCUT2D eigenvalue weighted by Gasteiger charge is -2.25. The molecule has 212 valence electrons. The average molecular weight is 576 g/mol. The van der Waals surface area contributed by atoms with Crippen molar-refractivity contribution in [3.8, 4) is 0 Å². The van der Waals surface area contributed by atoms with Crippen molar-refractivity contribution in [2.24, 2.45) is 0 Å². The number of hydrogen-bond donors (Lipinski definition) is 3. The zero-order valence-corrected chi connectivity index (χ0v) is 22.3. The first kappa shape index (κ1) is 29.1. The molecule has 2 heterocycles. The molecule has 0 aliphatic carbocycles. The van der Waals surface area contributed by atoms with E-state index in [-0.39, 0.29) is 28.7 Å². The van der Waals surface area contributed by atoms with E-state index < -0.39 is 44.8 Å². The number of anilines is 2. The molecule has 1 aliphatic rings. The topological polar surface area (TPSA) is 131 Å². The number of halogens is 3. The van der Waals surface area contributed by atoms with Crippen LogP contribution in [-0.4, -0.2) is 52.2 Å². The highest BCUT2D eigenvalue weighted by Crippen LogP contribution is 2.32. The molecule has 1 aromatic heterocycles. The van der Waals surface area contributed by atoms with Crippen LogP contribution in [0.15, 0.2) is 65.8 Å². The molecule has 4 N–H and O–H groups in total. The molecule has 13 heteroatoms. The van der Waals surface area contributed by atoms with Crippen LogP contribution in [0.5, 0.6) is 0 Å². The maximum atomic E-state index is 16.1. The van der Waals surface area contributed by atoms with Crippen LogP contribution in [0.25, 0.3) is 5.57 Å². The molecule has 0 saturated carbocycles. The Kier molecular flexibility index (Phi) is 9.07. The fraction of sp³-hybridized carbons (Fsp3) is 0.259. The second kappa shape index (κ2) is 12.5. The number of nitrogens with two attached hydrogens (primary N) is 1. The number of allylic oxidation sites excluding steroid dienone is 1. The largest absolute Gasteiger partial charge is 0.387 e. The lowest BCUT2D eigenvalue weighted by molar-refractivity contribution is 0.0812. The predicted molar refractivity (Wildman–Crippen MR) is 145 cm³/mol. The molecule has 0 amide bonds. The number of hydrogen-bond acceptors (Lipinski definition) is 8. The molecule has 1 aliphatic heterocycles. The van der Waals surface area contributed by atoms with E-state index in [0.717, 1.165) is 25.0 Å². The van der Waals surface area contributed by atoms with E-state index in [9.17, 15) is 17.2 Å². The summed E-state index contributed by atoms with van der Waals surface area (Å²) in [5.74, 6) is -3.10. The highest BCUT2D eigenvalue weighted by Gasteiger charge is 2.32. The van der Waals surface area contributed by atoms with Crippen LogP contribution in [0.2, 0.25) is 0 Å². The Morgan fingerprint density at radius 1 is 1.20 bits per heavy atom. The van der Waals surface area contributed by atoms with Gasteiger partial charge in [-0.05, 0) is 60.9 Å². The van der Waals surface area contributed by atoms with Crippen LogP contribution in [0.4, 0.5) is 24.7 Å². The van der Waals surface area contributed by atoms with Gasteiger partial charge in [0.2, 0.25) is 0 Å². The minimum atomic E-state index is -4.82. The summed E-state index contributed by atoms with van der Waals surface area (Å²) >= 11 is 0. The lowest BCUT2D eigenvalue weighted by atomic mass is 9.96. The Hall–Kier alpha value is -3.94. The van der Waals surface area contributed by atoms with Gasteiger partial charge in [0.1, 0.15) is 29.1 Å². The van der Waals surface area contributed by atoms with Crippen LogP contribution in [0, 0.1) is 22.9 Å². The maximum Gasteiger partial charge on any atom is 0.269 e. The summed E-state index contributed by atoms with van der Waals surface area (Å²) in [4.78, 5) is 2.99. The Labute approximate surface area is 230 Å². The molecular formula is C27H28F3N5O4S. The molecule has 1 saturated heterocycles. The predicted octanol–water partition coefficient (Wildman–Crippen LogP) is 4.06. The Morgan fingerprint density at radius 3 is 2.65 bits per heavy atom. The molecular weight excluding hydrogens is 547 g/mol. The summed E-state index contributed by atoms with van der Waals surface area (Å²) in [5, 5.41) is 12.2. The van der Waals surface area contributed by atoms with Gasteiger partial charge in [0.15, 0.2) is 5.82 Å². The summed E-state index contributed by atoms with van der Waals surface area (Å²) in [6.07, 6.45) is 4.51. The second-order valence-electron chi connectivity index (χ2n) is 8.94. The van der Waals surface area contributed by atoms with Gasteiger partial charge in [-0.15, -0.1) is 0 Å². The summed E-state index contributed by atoms with van der Waals surface area (Å²) in [7, 11) is -3.65. The fourth-order valence-corrected chi connectivity index (χ4v) is 5.67. The third kappa shape index (κ3) is 6.27. The van der Waals surface area contributed by atoms with Crippen LogP contribution in [-0.2, 0) is 19.5 Å². The van der Waals surface area contributed by atoms with Crippen molar-refractivity contribution in [2.45, 2.75) is 23.8 Å². The van der Waals surface area contributed by atoms with Crippen molar-refractivity contribution in [2.75, 3.05) is 37.1 Å². The monoisotopic (exact) mass is 575 g/mol. The first-order valence-corrected chi connectivity index (χ1v) is 13.7. The van der Waals surface area contributed by atoms with E-state index in [4.69, 9.17) is 20.6 Å². The third-order valence-electron chi connectivity index (χ3n) is 6.27. The van der Waals surface area contributed by atoms with Crippen molar-refractivity contribution >= 4 is 32.8 Å². The molecule has 0 atom stereocenters. The Bertz CT molecular complexity index is 1530. The summed E-state index contributed by atoms with van der Waals surface area (Å²) in [6, 6.07) is 8.96. The van der Waals surface area contributed by atoms with Gasteiger partial charge >= 0.3 is 0 Å². The molecule has 4 rings (SSSR count). The van der Waals surface area contributed by atoms with Gasteiger partial charge < -0.3 is 20.5 Å². The maximum absolute atomic E-state index is 16.1. The number of methoxy groups -OCH3 is 1. The highest BCUT2D eigenvalue weighted by molar-refractivity contribution is 7.92. The molecule has 40 heavy (non-hydrogen) atoms. The van der Waals surface area contributed by atoms with Gasteiger partial charge in [-0.25, -0.2) is 30.9 Å². The number of pyridine rings is 1. The minimum absolute atomic E-state index is 0.0652. The van der Waals surface area contributed by atoms with Crippen molar-refractivity contribution in [1.82, 2.24) is 10.3 Å². The fourth-order valence-electron chi connectivity index (χ4n) is 4.21. The smallest absolute Gasteiger partial charge is 0.269 e. The van der Waals surface area contributed by atoms with Crippen molar-refractivity contribution in [3.63, 3.8) is 0 Å². The normalized spacial score (nSPS) is 14.7. The number of nitrogens with one attached hydrogen (secondary N) is 2. The molecule has 0 unspecified atom stereocenters. The van der Waals surface area contributed by atoms with Crippen LogP contribution in [0.3, 0.4) is 0 Å². The number of rotatable bonds is 10. The number of nitrogen functional groups attached to an aromatic ring is 1. The number of benzene rings is 2. The molecule has 0 radical (unpaired) electrons. The number of aromatic nitrogens is 1. The first-order chi connectivity index (χ1) is 19.1. The number of nitrogens with zero attached hydrogens (tertiary/aromatic N) is 2. The van der Waals surface area contributed by atoms with E-state index in [1.165, 1.54) is 31.5 Å². The average Bonchev–Trinajstić information content (AvgIpc) is 2.94. The standard InChI is InChI=1S/C27H28F3N5O4S/c1-38-16-35(40(36,37)24-14-18(28)5-6-22(24)29)23-4-2-3-20(26(23)30)27(32)21(17-7-10-33-25(31)13-17)15-34-19-8-11-39-12-9-19/h2-7,10,13-15,19,32,34H,8-9,11-12,16H2,1H3,(H2,31,33)/b21-15-,32-27?. The highest BCUT2D eigenvalue weighted by atomic mass is 32.2. The molecule has 0 spiro atoms. The van der Waals surface area contributed by atoms with Gasteiger partial charge in [-0.2, -0.15) is 0 Å². The van der Waals surface area contributed by atoms with E-state index in [2.05, 4.69) is 10.3 Å². The zero-order valence-electron chi connectivity index (χ0n) is 21.5. The van der Waals surface area contributed by atoms with Gasteiger partial charge in [0, 0.05) is 49.9 Å². The Morgan fingerprint density at radius 2 is 1.95 bits per heavy atom. The quantitative estimate of drug-likeness (QED) is 0.246. The minimum Gasteiger partial charge on any atom is -0.387 e. The molecule has 0 bridgehead atoms. The van der Waals surface area contributed by atoms with E-state index >= 15 is 4.39 Å². The number of ether oxygens (including phenoxy) is 2.